The summed E-state index contributed by atoms with van der Waals surface area (Å²) in [7, 11) is 0. The second kappa shape index (κ2) is 9.11. The summed E-state index contributed by atoms with van der Waals surface area (Å²) in [5.74, 6) is -0.395. The van der Waals surface area contributed by atoms with Crippen LogP contribution in [0.2, 0.25) is 10.0 Å². The fraction of sp³-hybridized carbons (Fsp3) is 0.115. The van der Waals surface area contributed by atoms with Crippen molar-refractivity contribution in [2.75, 3.05) is 0 Å². The fourth-order valence-electron chi connectivity index (χ4n) is 3.59. The molecular formula is C26H20Cl2N2O2. The van der Waals surface area contributed by atoms with Crippen molar-refractivity contribution in [1.82, 2.24) is 0 Å². The minimum atomic E-state index is -0.210. The molecule has 0 amide bonds. The number of carbonyl (C=O) groups is 1. The van der Waals surface area contributed by atoms with Gasteiger partial charge in [-0.1, -0.05) is 53.5 Å². The van der Waals surface area contributed by atoms with Gasteiger partial charge in [-0.2, -0.15) is 5.11 Å². The number of aryl methyl sites for hydroxylation is 2. The number of azo groups is 1. The van der Waals surface area contributed by atoms with Crippen molar-refractivity contribution in [3.63, 3.8) is 0 Å². The van der Waals surface area contributed by atoms with E-state index < -0.39 is 0 Å². The summed E-state index contributed by atoms with van der Waals surface area (Å²) in [5.41, 5.74) is 3.73. The van der Waals surface area contributed by atoms with Gasteiger partial charge < -0.3 is 5.11 Å². The number of ketones is 1. The number of halogens is 2. The van der Waals surface area contributed by atoms with Gasteiger partial charge in [-0.05, 0) is 72.3 Å². The van der Waals surface area contributed by atoms with E-state index in [-0.39, 0.29) is 29.2 Å². The van der Waals surface area contributed by atoms with Crippen LogP contribution in [0.5, 0.6) is 5.75 Å². The van der Waals surface area contributed by atoms with Gasteiger partial charge in [-0.3, -0.25) is 4.79 Å². The number of rotatable bonds is 5. The van der Waals surface area contributed by atoms with Crippen LogP contribution in [0.4, 0.5) is 11.4 Å². The van der Waals surface area contributed by atoms with Gasteiger partial charge in [0.2, 0.25) is 0 Å². The molecule has 0 atom stereocenters. The van der Waals surface area contributed by atoms with Crippen LogP contribution in [0.3, 0.4) is 0 Å². The van der Waals surface area contributed by atoms with Gasteiger partial charge in [-0.15, -0.1) is 5.11 Å². The third-order valence-electron chi connectivity index (χ3n) is 5.37. The lowest BCUT2D eigenvalue weighted by Crippen LogP contribution is -2.05. The summed E-state index contributed by atoms with van der Waals surface area (Å²) in [6.45, 7) is 3.79. The highest BCUT2D eigenvalue weighted by atomic mass is 35.5. The van der Waals surface area contributed by atoms with E-state index in [1.807, 2.05) is 50.2 Å². The van der Waals surface area contributed by atoms with Gasteiger partial charge in [0, 0.05) is 21.9 Å². The van der Waals surface area contributed by atoms with E-state index in [4.69, 9.17) is 23.2 Å². The molecule has 0 spiro atoms. The van der Waals surface area contributed by atoms with E-state index in [1.165, 1.54) is 0 Å². The second-order valence-electron chi connectivity index (χ2n) is 7.64. The van der Waals surface area contributed by atoms with E-state index in [0.29, 0.717) is 21.1 Å². The third-order valence-corrected chi connectivity index (χ3v) is 5.84. The number of nitrogens with zero attached hydrogens (tertiary/aromatic N) is 2. The predicted molar refractivity (Wildman–Crippen MR) is 130 cm³/mol. The Hall–Kier alpha value is -3.21. The van der Waals surface area contributed by atoms with Crippen molar-refractivity contribution in [3.05, 3.63) is 99.0 Å². The number of phenols is 1. The molecule has 0 heterocycles. The normalized spacial score (nSPS) is 11.4. The van der Waals surface area contributed by atoms with Crippen LogP contribution in [0.1, 0.15) is 27.0 Å². The maximum absolute atomic E-state index is 13.2. The van der Waals surface area contributed by atoms with Crippen LogP contribution in [0.15, 0.2) is 77.0 Å². The molecule has 6 heteroatoms. The topological polar surface area (TPSA) is 62.0 Å². The van der Waals surface area contributed by atoms with Crippen molar-refractivity contribution in [2.45, 2.75) is 20.3 Å². The van der Waals surface area contributed by atoms with Crippen molar-refractivity contribution < 1.29 is 9.90 Å². The number of fused-ring (bicyclic) bond motifs is 1. The molecule has 0 radical (unpaired) electrons. The Morgan fingerprint density at radius 3 is 2.28 bits per heavy atom. The first-order valence-corrected chi connectivity index (χ1v) is 10.8. The molecule has 1 N–H and O–H groups in total. The molecule has 0 unspecified atom stereocenters. The van der Waals surface area contributed by atoms with E-state index in [0.717, 1.165) is 22.1 Å². The molecule has 0 saturated heterocycles. The zero-order chi connectivity index (χ0) is 22.8. The first-order valence-electron chi connectivity index (χ1n) is 10.0. The smallest absolute Gasteiger partial charge is 0.171 e. The number of Topliss-reactive ketones (excluding diaryl/α,β-unsaturated/α-hetero) is 1. The number of aromatic hydroxyl groups is 1. The molecule has 0 saturated carbocycles. The SMILES string of the molecule is Cc1cc(Cl)ccc1CC(=O)c1cc2ccccc2c(N=Nc2ccc(Cl)cc2C)c1O. The minimum absolute atomic E-state index is 0.141. The average molecular weight is 463 g/mol. The summed E-state index contributed by atoms with van der Waals surface area (Å²) >= 11 is 12.1. The fourth-order valence-corrected chi connectivity index (χ4v) is 4.05. The summed E-state index contributed by atoms with van der Waals surface area (Å²) in [6.07, 6.45) is 0.141. The van der Waals surface area contributed by atoms with Gasteiger partial charge in [0.25, 0.3) is 0 Å². The molecule has 0 aromatic heterocycles. The van der Waals surface area contributed by atoms with E-state index in [1.54, 1.807) is 30.3 Å². The van der Waals surface area contributed by atoms with Crippen LogP contribution in [-0.2, 0) is 6.42 Å². The molecule has 0 fully saturated rings. The molecule has 0 aliphatic rings. The second-order valence-corrected chi connectivity index (χ2v) is 8.52. The Balaban J connectivity index is 1.78. The highest BCUT2D eigenvalue weighted by Crippen LogP contribution is 2.40. The zero-order valence-corrected chi connectivity index (χ0v) is 19.1. The highest BCUT2D eigenvalue weighted by molar-refractivity contribution is 6.31. The van der Waals surface area contributed by atoms with Crippen molar-refractivity contribution >= 4 is 51.1 Å². The van der Waals surface area contributed by atoms with E-state index in [9.17, 15) is 9.90 Å². The predicted octanol–water partition coefficient (Wildman–Crippen LogP) is 8.31. The Morgan fingerprint density at radius 1 is 0.875 bits per heavy atom. The lowest BCUT2D eigenvalue weighted by Gasteiger charge is -2.11. The Bertz CT molecular complexity index is 1380. The summed E-state index contributed by atoms with van der Waals surface area (Å²) in [5, 5.41) is 22.4. The van der Waals surface area contributed by atoms with Crippen LogP contribution in [0, 0.1) is 13.8 Å². The molecule has 4 aromatic carbocycles. The molecular weight excluding hydrogens is 443 g/mol. The van der Waals surface area contributed by atoms with E-state index in [2.05, 4.69) is 10.2 Å². The number of hydrogen-bond acceptors (Lipinski definition) is 4. The Kier molecular flexibility index (Phi) is 6.26. The zero-order valence-electron chi connectivity index (χ0n) is 17.6. The molecule has 0 aliphatic carbocycles. The van der Waals surface area contributed by atoms with Crippen LogP contribution >= 0.6 is 23.2 Å². The number of phenolic OH excluding ortho intramolecular Hbond substituents is 1. The summed E-state index contributed by atoms with van der Waals surface area (Å²) in [6, 6.07) is 19.8. The van der Waals surface area contributed by atoms with Crippen molar-refractivity contribution in [1.29, 1.82) is 0 Å². The van der Waals surface area contributed by atoms with Gasteiger partial charge >= 0.3 is 0 Å². The Labute approximate surface area is 196 Å². The first-order chi connectivity index (χ1) is 15.3. The lowest BCUT2D eigenvalue weighted by atomic mass is 9.96. The average Bonchev–Trinajstić information content (AvgIpc) is 2.75. The van der Waals surface area contributed by atoms with Crippen molar-refractivity contribution in [2.24, 2.45) is 10.2 Å². The molecule has 32 heavy (non-hydrogen) atoms. The maximum Gasteiger partial charge on any atom is 0.171 e. The van der Waals surface area contributed by atoms with Gasteiger partial charge in [0.05, 0.1) is 11.3 Å². The van der Waals surface area contributed by atoms with Gasteiger partial charge in [-0.25, -0.2) is 0 Å². The number of benzene rings is 4. The molecule has 0 bridgehead atoms. The highest BCUT2D eigenvalue weighted by Gasteiger charge is 2.19. The van der Waals surface area contributed by atoms with Crippen LogP contribution < -0.4 is 0 Å². The number of carbonyl (C=O) groups excluding carboxylic acids is 1. The molecule has 4 aromatic rings. The molecule has 4 nitrogen and oxygen atoms in total. The largest absolute Gasteiger partial charge is 0.505 e. The van der Waals surface area contributed by atoms with Crippen molar-refractivity contribution in [3.8, 4) is 5.75 Å². The molecule has 160 valence electrons. The molecule has 4 rings (SSSR count). The van der Waals surface area contributed by atoms with Crippen LogP contribution in [-0.4, -0.2) is 10.9 Å². The summed E-state index contributed by atoms with van der Waals surface area (Å²) in [4.78, 5) is 13.2. The molecule has 0 aliphatic heterocycles. The number of hydrogen-bond donors (Lipinski definition) is 1. The Morgan fingerprint density at radius 2 is 1.56 bits per heavy atom. The van der Waals surface area contributed by atoms with Crippen LogP contribution in [0.25, 0.3) is 10.8 Å². The first kappa shape index (κ1) is 22.0. The van der Waals surface area contributed by atoms with Gasteiger partial charge in [0.15, 0.2) is 11.5 Å². The lowest BCUT2D eigenvalue weighted by molar-refractivity contribution is 0.0990. The third kappa shape index (κ3) is 4.52. The maximum atomic E-state index is 13.2. The quantitative estimate of drug-likeness (QED) is 0.239. The minimum Gasteiger partial charge on any atom is -0.505 e. The summed E-state index contributed by atoms with van der Waals surface area (Å²) < 4.78 is 0. The van der Waals surface area contributed by atoms with E-state index >= 15 is 0 Å². The monoisotopic (exact) mass is 462 g/mol. The standard InChI is InChI=1S/C26H20Cl2N2O2/c1-15-11-19(27)8-7-17(15)14-24(31)22-13-18-5-3-4-6-21(18)25(26(22)32)30-29-23-10-9-20(28)12-16(23)2/h3-13,32H,14H2,1-2H3. The van der Waals surface area contributed by atoms with Gasteiger partial charge in [0.1, 0.15) is 5.69 Å².